The van der Waals surface area contributed by atoms with Gasteiger partial charge in [0.1, 0.15) is 45.5 Å². The summed E-state index contributed by atoms with van der Waals surface area (Å²) in [6.45, 7) is 7.51. The third-order valence-corrected chi connectivity index (χ3v) is 6.30. The Balaban J connectivity index is 1.23. The van der Waals surface area contributed by atoms with Crippen LogP contribution in [0.1, 0.15) is 30.6 Å². The fourth-order valence-corrected chi connectivity index (χ4v) is 4.45. The van der Waals surface area contributed by atoms with E-state index in [1.807, 2.05) is 4.90 Å². The lowest BCUT2D eigenvalue weighted by atomic mass is 10.1. The van der Waals surface area contributed by atoms with Gasteiger partial charge in [0.05, 0.1) is 0 Å². The first-order valence-corrected chi connectivity index (χ1v) is 11.4. The lowest BCUT2D eigenvalue weighted by molar-refractivity contribution is -1.02. The van der Waals surface area contributed by atoms with Crippen molar-refractivity contribution in [2.45, 2.75) is 32.4 Å². The molecule has 0 unspecified atom stereocenters. The van der Waals surface area contributed by atoms with Gasteiger partial charge >= 0.3 is 0 Å². The van der Waals surface area contributed by atoms with Crippen LogP contribution in [0.4, 0.5) is 0 Å². The summed E-state index contributed by atoms with van der Waals surface area (Å²) in [5.41, 5.74) is 1.15. The number of piperidine rings is 1. The Morgan fingerprint density at radius 1 is 0.968 bits per heavy atom. The number of nitrogens with zero attached hydrogens (tertiary/aromatic N) is 1. The first-order valence-electron chi connectivity index (χ1n) is 11.4. The van der Waals surface area contributed by atoms with Crippen molar-refractivity contribution in [1.82, 2.24) is 4.90 Å². The Labute approximate surface area is 183 Å². The molecule has 2 fully saturated rings. The fourth-order valence-electron chi connectivity index (χ4n) is 4.45. The van der Waals surface area contributed by atoms with Crippen LogP contribution in [0.2, 0.25) is 0 Å². The van der Waals surface area contributed by atoms with Crippen LogP contribution in [0.3, 0.4) is 0 Å². The van der Waals surface area contributed by atoms with Gasteiger partial charge in [-0.3, -0.25) is 9.59 Å². The second-order valence-electron chi connectivity index (χ2n) is 8.64. The van der Waals surface area contributed by atoms with Crippen molar-refractivity contribution in [2.24, 2.45) is 0 Å². The highest BCUT2D eigenvalue weighted by Gasteiger charge is 2.24. The first kappa shape index (κ1) is 21.6. The summed E-state index contributed by atoms with van der Waals surface area (Å²) in [6, 6.07) is 12.1. The molecule has 0 spiro atoms. The highest BCUT2D eigenvalue weighted by Crippen LogP contribution is 2.10. The molecule has 0 saturated carbocycles. The zero-order valence-corrected chi connectivity index (χ0v) is 18.1. The van der Waals surface area contributed by atoms with Gasteiger partial charge in [0.2, 0.25) is 11.2 Å². The SMILES string of the molecule is O=C(COc1coc(C[NH+]2CC[NH+](Cc3ccccc3)CC2)cc1=O)N1CCCCC1. The van der Waals surface area contributed by atoms with Crippen molar-refractivity contribution in [3.05, 3.63) is 64.2 Å². The van der Waals surface area contributed by atoms with Gasteiger partial charge in [0, 0.05) is 24.7 Å². The topological polar surface area (TPSA) is 68.6 Å². The van der Waals surface area contributed by atoms with E-state index in [1.165, 1.54) is 29.2 Å². The molecule has 0 bridgehead atoms. The van der Waals surface area contributed by atoms with Gasteiger partial charge in [-0.1, -0.05) is 30.3 Å². The largest absolute Gasteiger partial charge is 0.477 e. The van der Waals surface area contributed by atoms with E-state index >= 15 is 0 Å². The Hall–Kier alpha value is -2.64. The van der Waals surface area contributed by atoms with Crippen LogP contribution >= 0.6 is 0 Å². The van der Waals surface area contributed by atoms with Gasteiger partial charge in [-0.15, -0.1) is 0 Å². The third kappa shape index (κ3) is 6.18. The van der Waals surface area contributed by atoms with Crippen molar-refractivity contribution in [2.75, 3.05) is 45.9 Å². The van der Waals surface area contributed by atoms with E-state index < -0.39 is 0 Å². The quantitative estimate of drug-likeness (QED) is 0.626. The molecule has 0 aliphatic carbocycles. The summed E-state index contributed by atoms with van der Waals surface area (Å²) in [5, 5.41) is 0. The van der Waals surface area contributed by atoms with Gasteiger partial charge < -0.3 is 23.9 Å². The van der Waals surface area contributed by atoms with Gasteiger partial charge in [-0.25, -0.2) is 0 Å². The number of carbonyl (C=O) groups excluding carboxylic acids is 1. The average molecular weight is 428 g/mol. The van der Waals surface area contributed by atoms with E-state index in [0.717, 1.165) is 58.7 Å². The van der Waals surface area contributed by atoms with Gasteiger partial charge in [-0.05, 0) is 19.3 Å². The molecule has 3 heterocycles. The van der Waals surface area contributed by atoms with Crippen molar-refractivity contribution >= 4 is 5.91 Å². The van der Waals surface area contributed by atoms with E-state index in [-0.39, 0.29) is 23.7 Å². The van der Waals surface area contributed by atoms with Crippen molar-refractivity contribution in [3.8, 4) is 5.75 Å². The van der Waals surface area contributed by atoms with Gasteiger partial charge in [0.15, 0.2) is 12.4 Å². The molecule has 7 heteroatoms. The second-order valence-corrected chi connectivity index (χ2v) is 8.64. The summed E-state index contributed by atoms with van der Waals surface area (Å²) >= 11 is 0. The molecule has 1 amide bonds. The lowest BCUT2D eigenvalue weighted by Gasteiger charge is -2.29. The van der Waals surface area contributed by atoms with Crippen LogP contribution in [0.15, 0.2) is 51.9 Å². The van der Waals surface area contributed by atoms with Gasteiger partial charge in [0.25, 0.3) is 5.91 Å². The number of nitrogens with one attached hydrogen (secondary N) is 2. The molecular weight excluding hydrogens is 394 g/mol. The predicted octanol–water partition coefficient (Wildman–Crippen LogP) is -0.485. The number of quaternary nitrogens is 2. The summed E-state index contributed by atoms with van der Waals surface area (Å²) in [6.07, 6.45) is 4.60. The molecule has 4 rings (SSSR count). The summed E-state index contributed by atoms with van der Waals surface area (Å²) in [4.78, 5) is 29.4. The lowest BCUT2D eigenvalue weighted by Crippen LogP contribution is -3.27. The minimum absolute atomic E-state index is 0.0662. The van der Waals surface area contributed by atoms with Crippen LogP contribution in [0, 0.1) is 0 Å². The zero-order valence-electron chi connectivity index (χ0n) is 18.1. The molecule has 2 aliphatic rings. The maximum absolute atomic E-state index is 12.4. The summed E-state index contributed by atoms with van der Waals surface area (Å²) < 4.78 is 11.1. The predicted molar refractivity (Wildman–Crippen MR) is 116 cm³/mol. The molecule has 2 saturated heterocycles. The maximum atomic E-state index is 12.4. The third-order valence-electron chi connectivity index (χ3n) is 6.30. The number of rotatable bonds is 7. The molecule has 0 atom stereocenters. The van der Waals surface area contributed by atoms with Crippen molar-refractivity contribution in [1.29, 1.82) is 0 Å². The molecule has 166 valence electrons. The number of amides is 1. The number of carbonyl (C=O) groups is 1. The van der Waals surface area contributed by atoms with E-state index in [2.05, 4.69) is 30.3 Å². The molecule has 2 aliphatic heterocycles. The smallest absolute Gasteiger partial charge is 0.260 e. The number of hydrogen-bond donors (Lipinski definition) is 2. The molecule has 31 heavy (non-hydrogen) atoms. The Kier molecular flexibility index (Phi) is 7.38. The van der Waals surface area contributed by atoms with Crippen LogP contribution < -0.4 is 20.0 Å². The van der Waals surface area contributed by atoms with E-state index in [9.17, 15) is 9.59 Å². The van der Waals surface area contributed by atoms with Crippen molar-refractivity contribution < 1.29 is 23.7 Å². The van der Waals surface area contributed by atoms with E-state index in [1.54, 1.807) is 4.90 Å². The maximum Gasteiger partial charge on any atom is 0.260 e. The standard InChI is InChI=1S/C24H31N3O4/c28-22-15-21(30-18-23(22)31-19-24(29)27-9-5-2-6-10-27)17-26-13-11-25(12-14-26)16-20-7-3-1-4-8-20/h1,3-4,7-8,15,18H,2,5-6,9-14,16-17,19H2/p+2. The van der Waals surface area contributed by atoms with Crippen molar-refractivity contribution in [3.63, 3.8) is 0 Å². The molecule has 2 N–H and O–H groups in total. The summed E-state index contributed by atoms with van der Waals surface area (Å²) in [5.74, 6) is 0.714. The number of hydrogen-bond acceptors (Lipinski definition) is 4. The molecule has 2 aromatic rings. The molecule has 7 nitrogen and oxygen atoms in total. The normalized spacial score (nSPS) is 21.6. The Morgan fingerprint density at radius 2 is 1.65 bits per heavy atom. The monoisotopic (exact) mass is 427 g/mol. The highest BCUT2D eigenvalue weighted by atomic mass is 16.5. The molecule has 1 aromatic heterocycles. The number of likely N-dealkylation sites (tertiary alicyclic amines) is 1. The number of ether oxygens (including phenoxy) is 1. The number of benzene rings is 1. The van der Waals surface area contributed by atoms with Gasteiger partial charge in [-0.2, -0.15) is 0 Å². The highest BCUT2D eigenvalue weighted by molar-refractivity contribution is 5.77. The van der Waals surface area contributed by atoms with E-state index in [4.69, 9.17) is 9.15 Å². The Bertz CT molecular complexity index is 901. The average Bonchev–Trinajstić information content (AvgIpc) is 2.81. The Morgan fingerprint density at radius 3 is 2.32 bits per heavy atom. The first-order chi connectivity index (χ1) is 15.2. The second kappa shape index (κ2) is 10.6. The zero-order chi connectivity index (χ0) is 21.5. The van der Waals surface area contributed by atoms with E-state index in [0.29, 0.717) is 12.3 Å². The van der Waals surface area contributed by atoms with Crippen LogP contribution in [-0.4, -0.2) is 56.7 Å². The fraction of sp³-hybridized carbons (Fsp3) is 0.500. The van der Waals surface area contributed by atoms with Crippen LogP contribution in [0.25, 0.3) is 0 Å². The minimum Gasteiger partial charge on any atom is -0.477 e. The molecule has 1 aromatic carbocycles. The molecular formula is C24H33N3O4+2. The van der Waals surface area contributed by atoms with Crippen LogP contribution in [-0.2, 0) is 17.9 Å². The van der Waals surface area contributed by atoms with Crippen LogP contribution in [0.5, 0.6) is 5.75 Å². The summed E-state index contributed by atoms with van der Waals surface area (Å²) in [7, 11) is 0. The minimum atomic E-state index is -0.222. The number of piperazine rings is 1. The molecule has 0 radical (unpaired) electrons.